The molecule has 2 heteroatoms. The van der Waals surface area contributed by atoms with E-state index in [0.29, 0.717) is 0 Å². The second-order valence-corrected chi connectivity index (χ2v) is 6.71. The van der Waals surface area contributed by atoms with Gasteiger partial charge in [-0.2, -0.15) is 0 Å². The molecule has 0 aromatic heterocycles. The van der Waals surface area contributed by atoms with Gasteiger partial charge in [0.2, 0.25) is 0 Å². The molecule has 0 aliphatic carbocycles. The fourth-order valence-electron chi connectivity index (χ4n) is 2.46. The minimum atomic E-state index is 0.245. The first-order valence-electron chi connectivity index (χ1n) is 7.74. The summed E-state index contributed by atoms with van der Waals surface area (Å²) in [5, 5.41) is 0. The Morgan fingerprint density at radius 1 is 1.00 bits per heavy atom. The van der Waals surface area contributed by atoms with Crippen LogP contribution in [-0.4, -0.2) is 37.6 Å². The molecule has 20 heavy (non-hydrogen) atoms. The zero-order valence-corrected chi connectivity index (χ0v) is 13.4. The van der Waals surface area contributed by atoms with Gasteiger partial charge in [0.1, 0.15) is 0 Å². The van der Waals surface area contributed by atoms with Crippen LogP contribution >= 0.6 is 0 Å². The summed E-state index contributed by atoms with van der Waals surface area (Å²) in [5.41, 5.74) is 2.89. The Bertz CT molecular complexity index is 431. The largest absolute Gasteiger partial charge is 0.369 e. The van der Waals surface area contributed by atoms with Crippen LogP contribution < -0.4 is 4.90 Å². The summed E-state index contributed by atoms with van der Waals surface area (Å²) in [5.74, 6) is 0. The van der Waals surface area contributed by atoms with Crippen molar-refractivity contribution in [2.45, 2.75) is 27.7 Å². The lowest BCUT2D eigenvalue weighted by Crippen LogP contribution is -2.46. The predicted octanol–water partition coefficient (Wildman–Crippen LogP) is 3.89. The summed E-state index contributed by atoms with van der Waals surface area (Å²) in [6.07, 6.45) is 4.49. The average molecular weight is 272 g/mol. The maximum atomic E-state index is 2.51. The van der Waals surface area contributed by atoms with Crippen molar-refractivity contribution < 1.29 is 0 Å². The van der Waals surface area contributed by atoms with E-state index < -0.39 is 0 Å². The molecule has 0 radical (unpaired) electrons. The van der Waals surface area contributed by atoms with Crippen LogP contribution in [0, 0.1) is 5.41 Å². The van der Waals surface area contributed by atoms with Crippen molar-refractivity contribution in [3.63, 3.8) is 0 Å². The van der Waals surface area contributed by atoms with Crippen molar-refractivity contribution in [3.05, 3.63) is 35.9 Å². The van der Waals surface area contributed by atoms with Crippen molar-refractivity contribution in [2.24, 2.45) is 5.41 Å². The van der Waals surface area contributed by atoms with Gasteiger partial charge >= 0.3 is 0 Å². The summed E-state index contributed by atoms with van der Waals surface area (Å²) in [6.45, 7) is 14.7. The first-order valence-corrected chi connectivity index (χ1v) is 7.74. The Morgan fingerprint density at radius 3 is 2.10 bits per heavy atom. The minimum Gasteiger partial charge on any atom is -0.369 e. The van der Waals surface area contributed by atoms with Crippen LogP contribution in [0.25, 0.3) is 6.08 Å². The highest BCUT2D eigenvalue weighted by Crippen LogP contribution is 2.20. The standard InChI is InChI=1S/C18H28N2/c1-5-19-12-14-20(15-13-19)17-8-6-16(7-9-17)10-11-18(2,3)4/h6-11H,5,12-15H2,1-4H3/b11-10+. The lowest BCUT2D eigenvalue weighted by molar-refractivity contribution is 0.271. The van der Waals surface area contributed by atoms with Gasteiger partial charge in [-0.15, -0.1) is 0 Å². The van der Waals surface area contributed by atoms with Crippen LogP contribution in [0.4, 0.5) is 5.69 Å². The third-order valence-electron chi connectivity index (χ3n) is 3.85. The number of anilines is 1. The highest BCUT2D eigenvalue weighted by molar-refractivity contribution is 5.56. The third kappa shape index (κ3) is 4.38. The number of hydrogen-bond acceptors (Lipinski definition) is 2. The number of benzene rings is 1. The number of nitrogens with zero attached hydrogens (tertiary/aromatic N) is 2. The van der Waals surface area contributed by atoms with Crippen LogP contribution in [0.1, 0.15) is 33.3 Å². The van der Waals surface area contributed by atoms with Crippen LogP contribution in [0.3, 0.4) is 0 Å². The predicted molar refractivity (Wildman–Crippen MR) is 89.3 cm³/mol. The Kier molecular flexibility index (Phi) is 4.87. The molecular formula is C18H28N2. The second-order valence-electron chi connectivity index (χ2n) is 6.71. The van der Waals surface area contributed by atoms with E-state index in [-0.39, 0.29) is 5.41 Å². The number of hydrogen-bond donors (Lipinski definition) is 0. The lowest BCUT2D eigenvalue weighted by Gasteiger charge is -2.35. The van der Waals surface area contributed by atoms with Gasteiger partial charge in [0.15, 0.2) is 0 Å². The van der Waals surface area contributed by atoms with Gasteiger partial charge in [0.25, 0.3) is 0 Å². The molecule has 1 aromatic rings. The molecule has 0 atom stereocenters. The monoisotopic (exact) mass is 272 g/mol. The number of piperazine rings is 1. The maximum absolute atomic E-state index is 2.51. The first kappa shape index (κ1) is 15.1. The second kappa shape index (κ2) is 6.45. The Labute approximate surface area is 124 Å². The maximum Gasteiger partial charge on any atom is 0.0367 e. The molecule has 1 saturated heterocycles. The molecule has 0 spiro atoms. The van der Waals surface area contributed by atoms with Gasteiger partial charge in [0.05, 0.1) is 0 Å². The Morgan fingerprint density at radius 2 is 1.60 bits per heavy atom. The summed E-state index contributed by atoms with van der Waals surface area (Å²) < 4.78 is 0. The third-order valence-corrected chi connectivity index (χ3v) is 3.85. The fourth-order valence-corrected chi connectivity index (χ4v) is 2.46. The van der Waals surface area contributed by atoms with Crippen molar-refractivity contribution in [2.75, 3.05) is 37.6 Å². The highest BCUT2D eigenvalue weighted by Gasteiger charge is 2.15. The molecule has 2 rings (SSSR count). The van der Waals surface area contributed by atoms with E-state index in [1.54, 1.807) is 0 Å². The summed E-state index contributed by atoms with van der Waals surface area (Å²) in [6, 6.07) is 8.96. The van der Waals surface area contributed by atoms with Gasteiger partial charge in [0, 0.05) is 31.9 Å². The number of allylic oxidation sites excluding steroid dienone is 1. The molecule has 1 aliphatic heterocycles. The molecule has 0 N–H and O–H groups in total. The lowest BCUT2D eigenvalue weighted by atomic mass is 9.95. The van der Waals surface area contributed by atoms with E-state index >= 15 is 0 Å². The van der Waals surface area contributed by atoms with E-state index in [9.17, 15) is 0 Å². The highest BCUT2D eigenvalue weighted by atomic mass is 15.3. The van der Waals surface area contributed by atoms with E-state index in [1.165, 1.54) is 30.9 Å². The number of rotatable bonds is 3. The Hall–Kier alpha value is -1.28. The molecule has 1 heterocycles. The van der Waals surface area contributed by atoms with E-state index in [0.717, 1.165) is 13.1 Å². The number of likely N-dealkylation sites (N-methyl/N-ethyl adjacent to an activating group) is 1. The quantitative estimate of drug-likeness (QED) is 0.823. The molecule has 0 unspecified atom stereocenters. The van der Waals surface area contributed by atoms with Crippen LogP contribution in [-0.2, 0) is 0 Å². The normalized spacial score (nSPS) is 17.9. The molecule has 110 valence electrons. The van der Waals surface area contributed by atoms with Crippen LogP contribution in [0.2, 0.25) is 0 Å². The smallest absolute Gasteiger partial charge is 0.0367 e. The molecule has 0 saturated carbocycles. The summed E-state index contributed by atoms with van der Waals surface area (Å²) in [4.78, 5) is 5.00. The van der Waals surface area contributed by atoms with Crippen LogP contribution in [0.15, 0.2) is 30.3 Å². The van der Waals surface area contributed by atoms with E-state index in [4.69, 9.17) is 0 Å². The molecule has 0 amide bonds. The SMILES string of the molecule is CCN1CCN(c2ccc(/C=C/C(C)(C)C)cc2)CC1. The van der Waals surface area contributed by atoms with Crippen molar-refractivity contribution in [1.82, 2.24) is 4.90 Å². The zero-order valence-electron chi connectivity index (χ0n) is 13.4. The van der Waals surface area contributed by atoms with Gasteiger partial charge in [-0.1, -0.05) is 52.0 Å². The molecule has 0 bridgehead atoms. The molecule has 1 aromatic carbocycles. The van der Waals surface area contributed by atoms with Gasteiger partial charge in [-0.25, -0.2) is 0 Å². The molecule has 2 nitrogen and oxygen atoms in total. The first-order chi connectivity index (χ1) is 9.48. The Balaban J connectivity index is 1.97. The fraction of sp³-hybridized carbons (Fsp3) is 0.556. The topological polar surface area (TPSA) is 6.48 Å². The van der Waals surface area contributed by atoms with Crippen molar-refractivity contribution in [3.8, 4) is 0 Å². The van der Waals surface area contributed by atoms with Gasteiger partial charge in [-0.3, -0.25) is 0 Å². The van der Waals surface area contributed by atoms with Crippen molar-refractivity contribution in [1.29, 1.82) is 0 Å². The molecule has 1 aliphatic rings. The molecule has 1 fully saturated rings. The summed E-state index contributed by atoms with van der Waals surface area (Å²) in [7, 11) is 0. The average Bonchev–Trinajstić information content (AvgIpc) is 2.45. The summed E-state index contributed by atoms with van der Waals surface area (Å²) >= 11 is 0. The minimum absolute atomic E-state index is 0.245. The van der Waals surface area contributed by atoms with Crippen LogP contribution in [0.5, 0.6) is 0 Å². The van der Waals surface area contributed by atoms with Crippen molar-refractivity contribution >= 4 is 11.8 Å². The molecular weight excluding hydrogens is 244 g/mol. The van der Waals surface area contributed by atoms with E-state index in [1.807, 2.05) is 0 Å². The van der Waals surface area contributed by atoms with E-state index in [2.05, 4.69) is 73.9 Å². The zero-order chi connectivity index (χ0) is 14.6. The van der Waals surface area contributed by atoms with Gasteiger partial charge in [-0.05, 0) is 29.7 Å². The van der Waals surface area contributed by atoms with Gasteiger partial charge < -0.3 is 9.80 Å².